The van der Waals surface area contributed by atoms with E-state index < -0.39 is 6.03 Å². The van der Waals surface area contributed by atoms with E-state index in [9.17, 15) is 14.4 Å². The number of benzene rings is 1. The number of urea groups is 1. The summed E-state index contributed by atoms with van der Waals surface area (Å²) in [6.45, 7) is 11.4. The average Bonchev–Trinajstić information content (AvgIpc) is 3.57. The van der Waals surface area contributed by atoms with Crippen LogP contribution in [0.1, 0.15) is 61.9 Å². The first kappa shape index (κ1) is 27.2. The van der Waals surface area contributed by atoms with Gasteiger partial charge in [0.05, 0.1) is 22.9 Å². The second-order valence-electron chi connectivity index (χ2n) is 11.4. The Hall–Kier alpha value is -4.38. The molecule has 2 aromatic heterocycles. The first-order valence-electron chi connectivity index (χ1n) is 13.4. The average molecular weight is 546 g/mol. The quantitative estimate of drug-likeness (QED) is 0.248. The number of piperidine rings is 1. The summed E-state index contributed by atoms with van der Waals surface area (Å²) in [6.07, 6.45) is 3.64. The van der Waals surface area contributed by atoms with E-state index in [-0.39, 0.29) is 23.1 Å². The minimum absolute atomic E-state index is 0.00261. The normalized spacial score (nSPS) is 17.9. The Morgan fingerprint density at radius 1 is 1.12 bits per heavy atom. The lowest BCUT2D eigenvalue weighted by Crippen LogP contribution is -2.37. The van der Waals surface area contributed by atoms with Crippen molar-refractivity contribution in [3.63, 3.8) is 0 Å². The van der Waals surface area contributed by atoms with Crippen LogP contribution in [0.2, 0.25) is 0 Å². The summed E-state index contributed by atoms with van der Waals surface area (Å²) in [5.74, 6) is 0.663. The monoisotopic (exact) mass is 545 g/mol. The van der Waals surface area contributed by atoms with Crippen LogP contribution in [-0.2, 0) is 15.0 Å². The van der Waals surface area contributed by atoms with Crippen LogP contribution in [0.4, 0.5) is 27.7 Å². The minimum Gasteiger partial charge on any atom is -0.359 e. The number of aromatic amines is 1. The lowest BCUT2D eigenvalue weighted by Gasteiger charge is -2.22. The van der Waals surface area contributed by atoms with Crippen LogP contribution in [0.25, 0.3) is 11.6 Å². The van der Waals surface area contributed by atoms with E-state index >= 15 is 0 Å². The maximum absolute atomic E-state index is 12.9. The zero-order valence-corrected chi connectivity index (χ0v) is 23.4. The van der Waals surface area contributed by atoms with Crippen LogP contribution in [0.3, 0.4) is 0 Å². The van der Waals surface area contributed by atoms with E-state index in [2.05, 4.69) is 36.7 Å². The predicted molar refractivity (Wildman–Crippen MR) is 155 cm³/mol. The highest BCUT2D eigenvalue weighted by Gasteiger charge is 2.27. The van der Waals surface area contributed by atoms with E-state index in [0.717, 1.165) is 42.0 Å². The smallest absolute Gasteiger partial charge is 0.324 e. The molecule has 2 aliphatic rings. The number of hydrogen-bond acceptors (Lipinski definition) is 6. The Morgan fingerprint density at radius 3 is 2.62 bits per heavy atom. The zero-order chi connectivity index (χ0) is 28.6. The molecule has 0 bridgehead atoms. The van der Waals surface area contributed by atoms with E-state index in [1.165, 1.54) is 0 Å². The summed E-state index contributed by atoms with van der Waals surface area (Å²) in [6, 6.07) is 6.42. The molecule has 0 spiro atoms. The Kier molecular flexibility index (Phi) is 7.24. The van der Waals surface area contributed by atoms with Crippen molar-refractivity contribution < 1.29 is 18.9 Å². The van der Waals surface area contributed by atoms with E-state index in [1.54, 1.807) is 30.3 Å². The van der Waals surface area contributed by atoms with Gasteiger partial charge >= 0.3 is 6.03 Å². The number of amides is 4. The molecule has 3 aromatic rings. The first-order chi connectivity index (χ1) is 19.0. The number of carbonyl (C=O) groups is 3. The number of rotatable bonds is 5. The fourth-order valence-electron chi connectivity index (χ4n) is 4.93. The van der Waals surface area contributed by atoms with Crippen molar-refractivity contribution in [2.75, 3.05) is 34.4 Å². The molecule has 0 radical (unpaired) electrons. The number of nitrogens with zero attached hydrogens (tertiary/aromatic N) is 1. The third-order valence-electron chi connectivity index (χ3n) is 7.23. The first-order valence-corrected chi connectivity index (χ1v) is 13.4. The third kappa shape index (κ3) is 5.64. The van der Waals surface area contributed by atoms with Gasteiger partial charge < -0.3 is 30.8 Å². The highest BCUT2D eigenvalue weighted by molar-refractivity contribution is 6.35. The summed E-state index contributed by atoms with van der Waals surface area (Å²) in [4.78, 5) is 41.5. The van der Waals surface area contributed by atoms with E-state index in [4.69, 9.17) is 4.52 Å². The van der Waals surface area contributed by atoms with Crippen LogP contribution in [-0.4, -0.2) is 41.1 Å². The van der Waals surface area contributed by atoms with Crippen molar-refractivity contribution in [2.45, 2.75) is 52.9 Å². The number of H-pyrrole nitrogens is 1. The van der Waals surface area contributed by atoms with E-state index in [1.807, 2.05) is 34.6 Å². The maximum Gasteiger partial charge on any atom is 0.324 e. The van der Waals surface area contributed by atoms with Crippen molar-refractivity contribution >= 4 is 52.4 Å². The molecule has 1 saturated heterocycles. The minimum atomic E-state index is -0.482. The number of hydrogen-bond donors (Lipinski definition) is 6. The van der Waals surface area contributed by atoms with Gasteiger partial charge in [0.2, 0.25) is 5.91 Å². The molecule has 0 aliphatic carbocycles. The number of carbonyl (C=O) groups excluding carboxylic acids is 3. The molecule has 210 valence electrons. The van der Waals surface area contributed by atoms with Crippen LogP contribution in [0.15, 0.2) is 28.8 Å². The number of aromatic nitrogens is 2. The molecule has 4 heterocycles. The molecule has 40 heavy (non-hydrogen) atoms. The van der Waals surface area contributed by atoms with Crippen LogP contribution < -0.4 is 26.6 Å². The van der Waals surface area contributed by atoms with Gasteiger partial charge in [0.25, 0.3) is 5.91 Å². The molecular formula is C29H35N7O4. The lowest BCUT2D eigenvalue weighted by molar-refractivity contribution is -0.120. The van der Waals surface area contributed by atoms with Gasteiger partial charge in [0.1, 0.15) is 5.76 Å². The number of anilines is 4. The van der Waals surface area contributed by atoms with Gasteiger partial charge in [-0.25, -0.2) is 4.79 Å². The molecule has 11 nitrogen and oxygen atoms in total. The van der Waals surface area contributed by atoms with Crippen LogP contribution >= 0.6 is 0 Å². The van der Waals surface area contributed by atoms with Crippen LogP contribution in [0, 0.1) is 19.8 Å². The summed E-state index contributed by atoms with van der Waals surface area (Å²) in [7, 11) is 0. The second kappa shape index (κ2) is 10.6. The number of aryl methyl sites for hydroxylation is 1. The number of nitrogens with one attached hydrogen (secondary N) is 6. The van der Waals surface area contributed by atoms with Gasteiger partial charge in [0.15, 0.2) is 5.82 Å². The molecule has 2 aliphatic heterocycles. The predicted octanol–water partition coefficient (Wildman–Crippen LogP) is 4.99. The van der Waals surface area contributed by atoms with Gasteiger partial charge in [-0.1, -0.05) is 32.0 Å². The summed E-state index contributed by atoms with van der Waals surface area (Å²) < 4.78 is 5.30. The second-order valence-corrected chi connectivity index (χ2v) is 11.4. The molecular weight excluding hydrogens is 510 g/mol. The summed E-state index contributed by atoms with van der Waals surface area (Å²) >= 11 is 0. The Labute approximate surface area is 232 Å². The highest BCUT2D eigenvalue weighted by Crippen LogP contribution is 2.36. The third-order valence-corrected chi connectivity index (χ3v) is 7.23. The summed E-state index contributed by atoms with van der Waals surface area (Å²) in [5.41, 5.74) is 5.25. The lowest BCUT2D eigenvalue weighted by atomic mass is 9.93. The molecule has 1 aromatic carbocycles. The summed E-state index contributed by atoms with van der Waals surface area (Å²) in [5, 5.41) is 18.5. The molecule has 1 fully saturated rings. The largest absolute Gasteiger partial charge is 0.359 e. The standard InChI is InChI=1S/C29H35N7O4/c1-15-21(31-16(2)25(15)35-26(37)17-7-6-10-30-14-17)12-20-19-9-8-18(11-22(19)33-27(20)38)32-28(39)34-24-13-23(40-36-24)29(3,4)5/h8-9,11-13,17,30-31H,6-7,10,14H2,1-5H3,(H,33,38)(H,35,37)(H2,32,34,36,39). The SMILES string of the molecule is Cc1[nH]c(C=C2C(=O)Nc3cc(NC(=O)Nc4cc(C(C)(C)C)on4)ccc32)c(C)c1NC(=O)C1CCCNC1. The molecule has 1 unspecified atom stereocenters. The Bertz CT molecular complexity index is 1500. The van der Waals surface area contributed by atoms with Crippen molar-refractivity contribution in [1.29, 1.82) is 0 Å². The van der Waals surface area contributed by atoms with Crippen LogP contribution in [0.5, 0.6) is 0 Å². The fraction of sp³-hybridized carbons (Fsp3) is 0.379. The zero-order valence-electron chi connectivity index (χ0n) is 23.4. The van der Waals surface area contributed by atoms with Gasteiger partial charge in [-0.15, -0.1) is 0 Å². The van der Waals surface area contributed by atoms with Crippen molar-refractivity contribution in [3.8, 4) is 0 Å². The molecule has 11 heteroatoms. The van der Waals surface area contributed by atoms with E-state index in [0.29, 0.717) is 40.6 Å². The highest BCUT2D eigenvalue weighted by atomic mass is 16.5. The molecule has 4 amide bonds. The molecule has 1 atom stereocenters. The van der Waals surface area contributed by atoms with Gasteiger partial charge in [-0.2, -0.15) is 0 Å². The van der Waals surface area contributed by atoms with Gasteiger partial charge in [0, 0.05) is 40.7 Å². The molecule has 0 saturated carbocycles. The van der Waals surface area contributed by atoms with Crippen molar-refractivity contribution in [2.24, 2.45) is 5.92 Å². The number of fused-ring (bicyclic) bond motifs is 1. The Balaban J connectivity index is 1.29. The van der Waals surface area contributed by atoms with Crippen molar-refractivity contribution in [1.82, 2.24) is 15.5 Å². The van der Waals surface area contributed by atoms with Crippen molar-refractivity contribution in [3.05, 3.63) is 52.5 Å². The maximum atomic E-state index is 12.9. The molecule has 5 rings (SSSR count). The van der Waals surface area contributed by atoms with Gasteiger partial charge in [-0.3, -0.25) is 14.9 Å². The van der Waals surface area contributed by atoms with Gasteiger partial charge in [-0.05, 0) is 57.0 Å². The Morgan fingerprint density at radius 2 is 1.93 bits per heavy atom. The fourth-order valence-corrected chi connectivity index (χ4v) is 4.93. The molecule has 6 N–H and O–H groups in total. The topological polar surface area (TPSA) is 153 Å².